The van der Waals surface area contributed by atoms with Crippen LogP contribution >= 0.6 is 0 Å². The minimum absolute atomic E-state index is 0.0320. The Kier molecular flexibility index (Phi) is 5.96. The van der Waals surface area contributed by atoms with Crippen molar-refractivity contribution in [1.82, 2.24) is 5.32 Å². The van der Waals surface area contributed by atoms with Crippen LogP contribution in [0.5, 0.6) is 11.5 Å². The van der Waals surface area contributed by atoms with Crippen LogP contribution < -0.4 is 19.7 Å². The third-order valence-electron chi connectivity index (χ3n) is 4.75. The number of methoxy groups -OCH3 is 2. The van der Waals surface area contributed by atoms with Crippen molar-refractivity contribution >= 4 is 17.5 Å². The average molecular weight is 368 g/mol. The zero-order valence-electron chi connectivity index (χ0n) is 15.6. The van der Waals surface area contributed by atoms with Crippen LogP contribution in [0.25, 0.3) is 0 Å². The Hall–Kier alpha value is -3.02. The third-order valence-corrected chi connectivity index (χ3v) is 4.75. The molecule has 1 N–H and O–H groups in total. The van der Waals surface area contributed by atoms with Gasteiger partial charge in [-0.25, -0.2) is 0 Å². The Morgan fingerprint density at radius 1 is 1.04 bits per heavy atom. The molecule has 6 heteroatoms. The van der Waals surface area contributed by atoms with Crippen molar-refractivity contribution in [2.75, 3.05) is 32.2 Å². The number of nitrogens with zero attached hydrogens (tertiary/aromatic N) is 1. The fraction of sp³-hybridized carbons (Fsp3) is 0.333. The first-order valence-corrected chi connectivity index (χ1v) is 8.96. The van der Waals surface area contributed by atoms with E-state index < -0.39 is 0 Å². The van der Waals surface area contributed by atoms with Crippen LogP contribution in [0.1, 0.15) is 12.0 Å². The van der Waals surface area contributed by atoms with E-state index in [0.717, 1.165) is 29.2 Å². The topological polar surface area (TPSA) is 67.9 Å². The summed E-state index contributed by atoms with van der Waals surface area (Å²) in [5, 5.41) is 2.94. The van der Waals surface area contributed by atoms with Gasteiger partial charge in [-0.2, -0.15) is 0 Å². The van der Waals surface area contributed by atoms with Crippen molar-refractivity contribution in [3.63, 3.8) is 0 Å². The van der Waals surface area contributed by atoms with Gasteiger partial charge in [-0.3, -0.25) is 9.59 Å². The molecule has 0 saturated carbocycles. The van der Waals surface area contributed by atoms with E-state index in [-0.39, 0.29) is 24.2 Å². The van der Waals surface area contributed by atoms with Crippen LogP contribution in [0, 0.1) is 5.92 Å². The maximum Gasteiger partial charge on any atom is 0.227 e. The molecule has 2 aromatic rings. The molecule has 0 aliphatic carbocycles. The van der Waals surface area contributed by atoms with Crippen LogP contribution in [-0.2, 0) is 16.0 Å². The first kappa shape index (κ1) is 18.8. The predicted octanol–water partition coefficient (Wildman–Crippen LogP) is 2.42. The summed E-state index contributed by atoms with van der Waals surface area (Å²) >= 11 is 0. The van der Waals surface area contributed by atoms with Crippen LogP contribution in [0.2, 0.25) is 0 Å². The molecule has 0 spiro atoms. The maximum atomic E-state index is 12.4. The monoisotopic (exact) mass is 368 g/mol. The van der Waals surface area contributed by atoms with Crippen LogP contribution in [0.15, 0.2) is 48.5 Å². The largest absolute Gasteiger partial charge is 0.497 e. The molecular weight excluding hydrogens is 344 g/mol. The standard InChI is InChI=1S/C21H24N2O4/c1-26-18-7-3-15(4-8-18)11-12-22-21(25)16-13-20(24)23(14-16)17-5-9-19(27-2)10-6-17/h3-10,16H,11-14H2,1-2H3,(H,22,25). The number of hydrogen-bond acceptors (Lipinski definition) is 4. The van der Waals surface area contributed by atoms with Crippen molar-refractivity contribution in [3.8, 4) is 11.5 Å². The van der Waals surface area contributed by atoms with E-state index in [1.165, 1.54) is 0 Å². The second-order valence-corrected chi connectivity index (χ2v) is 6.49. The Bertz CT molecular complexity index is 787. The number of ether oxygens (including phenoxy) is 2. The van der Waals surface area contributed by atoms with Gasteiger partial charge in [-0.05, 0) is 48.4 Å². The van der Waals surface area contributed by atoms with Gasteiger partial charge >= 0.3 is 0 Å². The normalized spacial score (nSPS) is 16.3. The zero-order chi connectivity index (χ0) is 19.2. The van der Waals surface area contributed by atoms with Gasteiger partial charge in [0.15, 0.2) is 0 Å². The molecule has 3 rings (SSSR count). The minimum atomic E-state index is -0.324. The minimum Gasteiger partial charge on any atom is -0.497 e. The summed E-state index contributed by atoms with van der Waals surface area (Å²) in [5.41, 5.74) is 1.91. The highest BCUT2D eigenvalue weighted by Gasteiger charge is 2.34. The summed E-state index contributed by atoms with van der Waals surface area (Å²) in [4.78, 5) is 26.4. The fourth-order valence-corrected chi connectivity index (χ4v) is 3.16. The summed E-state index contributed by atoms with van der Waals surface area (Å²) in [6.45, 7) is 0.942. The van der Waals surface area contributed by atoms with Gasteiger partial charge < -0.3 is 19.7 Å². The number of amides is 2. The van der Waals surface area contributed by atoms with E-state index in [4.69, 9.17) is 9.47 Å². The van der Waals surface area contributed by atoms with E-state index in [2.05, 4.69) is 5.32 Å². The molecule has 1 heterocycles. The second kappa shape index (κ2) is 8.58. The summed E-state index contributed by atoms with van der Waals surface area (Å²) in [6, 6.07) is 15.1. The van der Waals surface area contributed by atoms with Gasteiger partial charge in [0.05, 0.1) is 20.1 Å². The summed E-state index contributed by atoms with van der Waals surface area (Å²) in [7, 11) is 3.23. The first-order chi connectivity index (χ1) is 13.1. The van der Waals surface area contributed by atoms with E-state index >= 15 is 0 Å². The predicted molar refractivity (Wildman–Crippen MR) is 103 cm³/mol. The van der Waals surface area contributed by atoms with Gasteiger partial charge in [0, 0.05) is 25.2 Å². The van der Waals surface area contributed by atoms with Crippen molar-refractivity contribution in [2.45, 2.75) is 12.8 Å². The fourth-order valence-electron chi connectivity index (χ4n) is 3.16. The van der Waals surface area contributed by atoms with Crippen molar-refractivity contribution < 1.29 is 19.1 Å². The number of carbonyl (C=O) groups is 2. The molecule has 6 nitrogen and oxygen atoms in total. The molecule has 142 valence electrons. The average Bonchev–Trinajstić information content (AvgIpc) is 3.10. The SMILES string of the molecule is COc1ccc(CCNC(=O)C2CC(=O)N(c3ccc(OC)cc3)C2)cc1. The molecule has 0 aromatic heterocycles. The Morgan fingerprint density at radius 3 is 2.22 bits per heavy atom. The Balaban J connectivity index is 1.50. The van der Waals surface area contributed by atoms with Gasteiger partial charge in [-0.1, -0.05) is 12.1 Å². The molecule has 1 aliphatic rings. The van der Waals surface area contributed by atoms with Gasteiger partial charge in [0.2, 0.25) is 11.8 Å². The number of benzene rings is 2. The molecule has 1 fully saturated rings. The Labute approximate surface area is 159 Å². The van der Waals surface area contributed by atoms with Gasteiger partial charge in [-0.15, -0.1) is 0 Å². The molecule has 1 atom stereocenters. The molecule has 2 aromatic carbocycles. The molecule has 1 saturated heterocycles. The molecule has 0 radical (unpaired) electrons. The molecular formula is C21H24N2O4. The second-order valence-electron chi connectivity index (χ2n) is 6.49. The lowest BCUT2D eigenvalue weighted by Crippen LogP contribution is -2.34. The molecule has 27 heavy (non-hydrogen) atoms. The highest BCUT2D eigenvalue weighted by atomic mass is 16.5. The maximum absolute atomic E-state index is 12.4. The first-order valence-electron chi connectivity index (χ1n) is 8.96. The van der Waals surface area contributed by atoms with Crippen LogP contribution in [0.4, 0.5) is 5.69 Å². The van der Waals surface area contributed by atoms with E-state index in [9.17, 15) is 9.59 Å². The van der Waals surface area contributed by atoms with Crippen molar-refractivity contribution in [2.24, 2.45) is 5.92 Å². The highest BCUT2D eigenvalue weighted by molar-refractivity contribution is 6.00. The van der Waals surface area contributed by atoms with Crippen LogP contribution in [0.3, 0.4) is 0 Å². The van der Waals surface area contributed by atoms with E-state index in [0.29, 0.717) is 13.1 Å². The number of anilines is 1. The number of carbonyl (C=O) groups excluding carboxylic acids is 2. The summed E-state index contributed by atoms with van der Waals surface area (Å²) in [5.74, 6) is 1.11. The highest BCUT2D eigenvalue weighted by Crippen LogP contribution is 2.26. The van der Waals surface area contributed by atoms with E-state index in [1.807, 2.05) is 48.5 Å². The van der Waals surface area contributed by atoms with Gasteiger partial charge in [0.25, 0.3) is 0 Å². The number of hydrogen-bond donors (Lipinski definition) is 1. The number of nitrogens with one attached hydrogen (secondary N) is 1. The molecule has 2 amide bonds. The lowest BCUT2D eigenvalue weighted by atomic mass is 10.1. The molecule has 0 bridgehead atoms. The smallest absolute Gasteiger partial charge is 0.227 e. The third kappa shape index (κ3) is 4.58. The van der Waals surface area contributed by atoms with Gasteiger partial charge in [0.1, 0.15) is 11.5 Å². The van der Waals surface area contributed by atoms with Crippen LogP contribution in [-0.4, -0.2) is 39.1 Å². The van der Waals surface area contributed by atoms with E-state index in [1.54, 1.807) is 19.1 Å². The summed E-state index contributed by atoms with van der Waals surface area (Å²) < 4.78 is 10.3. The van der Waals surface area contributed by atoms with Crippen molar-refractivity contribution in [3.05, 3.63) is 54.1 Å². The summed E-state index contributed by atoms with van der Waals surface area (Å²) in [6.07, 6.45) is 0.971. The molecule has 1 unspecified atom stereocenters. The molecule has 1 aliphatic heterocycles. The number of rotatable bonds is 7. The lowest BCUT2D eigenvalue weighted by Gasteiger charge is -2.17. The Morgan fingerprint density at radius 2 is 1.63 bits per heavy atom. The lowest BCUT2D eigenvalue weighted by molar-refractivity contribution is -0.126. The zero-order valence-corrected chi connectivity index (χ0v) is 15.6. The quantitative estimate of drug-likeness (QED) is 0.815. The van der Waals surface area contributed by atoms with Crippen molar-refractivity contribution in [1.29, 1.82) is 0 Å².